The molecule has 5 heterocycles. The van der Waals surface area contributed by atoms with Crippen molar-refractivity contribution in [2.24, 2.45) is 0 Å². The first-order valence-corrected chi connectivity index (χ1v) is 13.7. The van der Waals surface area contributed by atoms with Crippen LogP contribution in [0.5, 0.6) is 0 Å². The smallest absolute Gasteiger partial charge is 0.327 e. The number of imidazole rings is 1. The number of halogens is 3. The van der Waals surface area contributed by atoms with Crippen molar-refractivity contribution in [3.63, 3.8) is 0 Å². The standard InChI is InChI=1S/C27H28ClF2N7O3/c28-19-11-17(16-3-7-35(14-16)15-22(29)30)10-18(12-19)26-34-33-23(40-26)13-24(38)36-8-4-20(5-9-36)37-21-2-1-6-31-25(21)32-27(37)39/h1-2,6,10-12,16,20,22H,3-5,7-9,13-15H2,(H,31,32,39). The predicted molar refractivity (Wildman–Crippen MR) is 143 cm³/mol. The zero-order valence-corrected chi connectivity index (χ0v) is 22.4. The molecule has 6 rings (SSSR count). The van der Waals surface area contributed by atoms with Crippen molar-refractivity contribution in [2.45, 2.75) is 44.1 Å². The van der Waals surface area contributed by atoms with Crippen molar-refractivity contribution in [2.75, 3.05) is 32.7 Å². The summed E-state index contributed by atoms with van der Waals surface area (Å²) in [4.78, 5) is 36.0. The van der Waals surface area contributed by atoms with Crippen LogP contribution in [0.3, 0.4) is 0 Å². The van der Waals surface area contributed by atoms with Gasteiger partial charge in [-0.25, -0.2) is 18.6 Å². The number of benzene rings is 1. The highest BCUT2D eigenvalue weighted by Crippen LogP contribution is 2.33. The van der Waals surface area contributed by atoms with E-state index in [2.05, 4.69) is 20.2 Å². The summed E-state index contributed by atoms with van der Waals surface area (Å²) in [7, 11) is 0. The predicted octanol–water partition coefficient (Wildman–Crippen LogP) is 3.89. The van der Waals surface area contributed by atoms with Gasteiger partial charge in [0.25, 0.3) is 6.43 Å². The van der Waals surface area contributed by atoms with Gasteiger partial charge in [-0.3, -0.25) is 19.2 Å². The molecule has 1 aromatic carbocycles. The quantitative estimate of drug-likeness (QED) is 0.358. The van der Waals surface area contributed by atoms with Gasteiger partial charge in [-0.2, -0.15) is 0 Å². The van der Waals surface area contributed by atoms with E-state index in [1.54, 1.807) is 32.7 Å². The Kier molecular flexibility index (Phi) is 7.37. The molecule has 1 unspecified atom stereocenters. The highest BCUT2D eigenvalue weighted by Gasteiger charge is 2.28. The molecule has 2 aliphatic rings. The minimum absolute atomic E-state index is 0.0242. The molecule has 2 fully saturated rings. The zero-order chi connectivity index (χ0) is 27.8. The molecule has 10 nitrogen and oxygen atoms in total. The highest BCUT2D eigenvalue weighted by atomic mass is 35.5. The van der Waals surface area contributed by atoms with Crippen molar-refractivity contribution in [3.8, 4) is 11.5 Å². The molecular weight excluding hydrogens is 544 g/mol. The van der Waals surface area contributed by atoms with Crippen LogP contribution >= 0.6 is 11.6 Å². The lowest BCUT2D eigenvalue weighted by Gasteiger charge is -2.32. The molecule has 2 saturated heterocycles. The lowest BCUT2D eigenvalue weighted by atomic mass is 9.96. The number of amides is 1. The number of nitrogens with zero attached hydrogens (tertiary/aromatic N) is 6. The van der Waals surface area contributed by atoms with Crippen molar-refractivity contribution in [3.05, 3.63) is 63.5 Å². The molecule has 210 valence electrons. The van der Waals surface area contributed by atoms with Gasteiger partial charge in [0.1, 0.15) is 6.42 Å². The Bertz CT molecular complexity index is 1580. The number of carbonyl (C=O) groups excluding carboxylic acids is 1. The van der Waals surface area contributed by atoms with Crippen molar-refractivity contribution < 1.29 is 18.0 Å². The first kappa shape index (κ1) is 26.6. The van der Waals surface area contributed by atoms with Gasteiger partial charge in [-0.1, -0.05) is 11.6 Å². The van der Waals surface area contributed by atoms with Gasteiger partial charge >= 0.3 is 5.69 Å². The third-order valence-corrected chi connectivity index (χ3v) is 7.97. The summed E-state index contributed by atoms with van der Waals surface area (Å²) in [6.07, 6.45) is 1.29. The van der Waals surface area contributed by atoms with Crippen molar-refractivity contribution in [1.29, 1.82) is 0 Å². The van der Waals surface area contributed by atoms with Gasteiger partial charge in [-0.05, 0) is 67.6 Å². The Morgan fingerprint density at radius 1 is 1.15 bits per heavy atom. The van der Waals surface area contributed by atoms with Gasteiger partial charge in [-0.15, -0.1) is 10.2 Å². The van der Waals surface area contributed by atoms with Crippen molar-refractivity contribution >= 4 is 28.7 Å². The fourth-order valence-corrected chi connectivity index (χ4v) is 6.06. The molecule has 2 aliphatic heterocycles. The highest BCUT2D eigenvalue weighted by molar-refractivity contribution is 6.30. The molecule has 0 spiro atoms. The van der Waals surface area contributed by atoms with Gasteiger partial charge in [0, 0.05) is 42.5 Å². The van der Waals surface area contributed by atoms with Crippen LogP contribution in [0.1, 0.15) is 42.7 Å². The van der Waals surface area contributed by atoms with Crippen LogP contribution < -0.4 is 5.69 Å². The van der Waals surface area contributed by atoms with E-state index < -0.39 is 6.43 Å². The number of nitrogens with one attached hydrogen (secondary N) is 1. The Hall–Kier alpha value is -3.64. The molecule has 0 saturated carbocycles. The van der Waals surface area contributed by atoms with E-state index in [4.69, 9.17) is 16.0 Å². The van der Waals surface area contributed by atoms with Crippen LogP contribution in [0, 0.1) is 0 Å². The molecule has 0 aliphatic carbocycles. The second kappa shape index (κ2) is 11.1. The van der Waals surface area contributed by atoms with Crippen LogP contribution in [0.2, 0.25) is 5.02 Å². The normalized spacial score (nSPS) is 18.8. The van der Waals surface area contributed by atoms with Crippen LogP contribution in [0.25, 0.3) is 22.6 Å². The van der Waals surface area contributed by atoms with E-state index in [0.29, 0.717) is 55.3 Å². The first-order valence-electron chi connectivity index (χ1n) is 13.3. The number of likely N-dealkylation sites (tertiary alicyclic amines) is 2. The summed E-state index contributed by atoms with van der Waals surface area (Å²) in [5.41, 5.74) is 2.68. The molecular formula is C27H28ClF2N7O3. The van der Waals surface area contributed by atoms with Gasteiger partial charge in [0.05, 0.1) is 12.1 Å². The fraction of sp³-hybridized carbons (Fsp3) is 0.444. The van der Waals surface area contributed by atoms with E-state index in [1.165, 1.54) is 0 Å². The largest absolute Gasteiger partial charge is 0.420 e. The summed E-state index contributed by atoms with van der Waals surface area (Å²) in [6.45, 7) is 1.92. The molecule has 1 amide bonds. The number of aromatic nitrogens is 5. The molecule has 0 bridgehead atoms. The van der Waals surface area contributed by atoms with Gasteiger partial charge in [0.15, 0.2) is 5.65 Å². The molecule has 1 atom stereocenters. The second-order valence-corrected chi connectivity index (χ2v) is 10.8. The van der Waals surface area contributed by atoms with Gasteiger partial charge in [0.2, 0.25) is 17.7 Å². The van der Waals surface area contributed by atoms with Crippen LogP contribution in [-0.2, 0) is 11.2 Å². The topological polar surface area (TPSA) is 113 Å². The van der Waals surface area contributed by atoms with E-state index in [0.717, 1.165) is 17.5 Å². The van der Waals surface area contributed by atoms with E-state index in [1.807, 2.05) is 18.2 Å². The van der Waals surface area contributed by atoms with Crippen LogP contribution in [0.4, 0.5) is 8.78 Å². The number of carbonyl (C=O) groups is 1. The van der Waals surface area contributed by atoms with Gasteiger partial charge < -0.3 is 9.32 Å². The third kappa shape index (κ3) is 5.50. The number of hydrogen-bond acceptors (Lipinski definition) is 7. The van der Waals surface area contributed by atoms with E-state index in [-0.39, 0.29) is 48.3 Å². The first-order chi connectivity index (χ1) is 19.3. The molecule has 13 heteroatoms. The summed E-state index contributed by atoms with van der Waals surface area (Å²) in [5.74, 6) is 0.407. The molecule has 0 radical (unpaired) electrons. The average molecular weight is 572 g/mol. The third-order valence-electron chi connectivity index (χ3n) is 7.75. The minimum Gasteiger partial charge on any atom is -0.420 e. The van der Waals surface area contributed by atoms with E-state index >= 15 is 0 Å². The number of rotatable bonds is 7. The Balaban J connectivity index is 1.08. The summed E-state index contributed by atoms with van der Waals surface area (Å²) in [6, 6.07) is 9.09. The minimum atomic E-state index is -2.36. The van der Waals surface area contributed by atoms with E-state index in [9.17, 15) is 18.4 Å². The molecule has 40 heavy (non-hydrogen) atoms. The number of pyridine rings is 1. The maximum Gasteiger partial charge on any atom is 0.327 e. The lowest BCUT2D eigenvalue weighted by molar-refractivity contribution is -0.132. The Labute approximate surface area is 232 Å². The Morgan fingerprint density at radius 3 is 2.77 bits per heavy atom. The van der Waals surface area contributed by atoms with Crippen LogP contribution in [0.15, 0.2) is 45.7 Å². The maximum atomic E-state index is 13.0. The number of alkyl halides is 2. The second-order valence-electron chi connectivity index (χ2n) is 10.4. The summed E-state index contributed by atoms with van der Waals surface area (Å²) in [5, 5.41) is 8.69. The number of fused-ring (bicyclic) bond motifs is 1. The number of hydrogen-bond donors (Lipinski definition) is 1. The average Bonchev–Trinajstić information content (AvgIpc) is 3.66. The molecule has 4 aromatic rings. The number of piperidine rings is 1. The van der Waals surface area contributed by atoms with Crippen molar-refractivity contribution in [1.82, 2.24) is 34.5 Å². The summed E-state index contributed by atoms with van der Waals surface area (Å²) < 4.78 is 33.1. The lowest BCUT2D eigenvalue weighted by Crippen LogP contribution is -2.41. The van der Waals surface area contributed by atoms with Crippen LogP contribution in [-0.4, -0.2) is 79.6 Å². The molecule has 1 N–H and O–H groups in total. The zero-order valence-electron chi connectivity index (χ0n) is 21.6. The SMILES string of the molecule is O=C(Cc1nnc(-c2cc(Cl)cc(C3CCN(CC(F)F)C3)c2)o1)N1CCC(n2c(=O)[nH]c3ncccc32)CC1. The summed E-state index contributed by atoms with van der Waals surface area (Å²) >= 11 is 6.37. The maximum absolute atomic E-state index is 13.0. The number of H-pyrrole nitrogens is 1. The monoisotopic (exact) mass is 571 g/mol. The fourth-order valence-electron chi connectivity index (χ4n) is 5.81. The Morgan fingerprint density at radius 2 is 1.98 bits per heavy atom. The number of aromatic amines is 1. The molecule has 3 aromatic heterocycles.